The molecule has 0 aliphatic rings. The lowest BCUT2D eigenvalue weighted by Gasteiger charge is -2.20. The Balaban J connectivity index is 0.00000441. The van der Waals surface area contributed by atoms with Crippen LogP contribution in [0.5, 0.6) is 0 Å². The number of rotatable bonds is 9. The second kappa shape index (κ2) is 12.8. The van der Waals surface area contributed by atoms with Gasteiger partial charge in [0.2, 0.25) is 0 Å². The highest BCUT2D eigenvalue weighted by molar-refractivity contribution is 14.0. The van der Waals surface area contributed by atoms with E-state index in [1.54, 1.807) is 6.26 Å². The van der Waals surface area contributed by atoms with E-state index in [2.05, 4.69) is 43.3 Å². The molecule has 1 aromatic heterocycles. The van der Waals surface area contributed by atoms with E-state index in [0.717, 1.165) is 31.2 Å². The van der Waals surface area contributed by atoms with Crippen molar-refractivity contribution >= 4 is 29.9 Å². The minimum atomic E-state index is 0. The van der Waals surface area contributed by atoms with Gasteiger partial charge in [0.15, 0.2) is 5.96 Å². The summed E-state index contributed by atoms with van der Waals surface area (Å²) in [6, 6.07) is 4.18. The third-order valence-electron chi connectivity index (χ3n) is 3.25. The van der Waals surface area contributed by atoms with Crippen LogP contribution < -0.4 is 10.6 Å². The molecule has 1 atom stereocenters. The van der Waals surface area contributed by atoms with Crippen molar-refractivity contribution in [2.75, 3.05) is 19.7 Å². The SMILES string of the molecule is CCNC(=NCCCOCc1ccco1)NC(C)C(C)C.I. The van der Waals surface area contributed by atoms with Gasteiger partial charge < -0.3 is 19.8 Å². The molecule has 2 N–H and O–H groups in total. The van der Waals surface area contributed by atoms with E-state index in [1.807, 2.05) is 12.1 Å². The van der Waals surface area contributed by atoms with Crippen LogP contribution in [-0.4, -0.2) is 31.7 Å². The van der Waals surface area contributed by atoms with Crippen LogP contribution in [0.15, 0.2) is 27.8 Å². The molecule has 0 saturated heterocycles. The number of halogens is 1. The van der Waals surface area contributed by atoms with Gasteiger partial charge in [0.05, 0.1) is 6.26 Å². The van der Waals surface area contributed by atoms with Crippen molar-refractivity contribution in [3.63, 3.8) is 0 Å². The minimum Gasteiger partial charge on any atom is -0.467 e. The molecular formula is C16H30IN3O2. The number of nitrogens with zero attached hydrogens (tertiary/aromatic N) is 1. The number of hydrogen-bond donors (Lipinski definition) is 2. The molecule has 0 bridgehead atoms. The zero-order chi connectivity index (χ0) is 15.5. The molecule has 1 heterocycles. The number of aliphatic imine (C=N–C) groups is 1. The van der Waals surface area contributed by atoms with Crippen molar-refractivity contribution in [3.05, 3.63) is 24.2 Å². The largest absolute Gasteiger partial charge is 0.467 e. The number of ether oxygens (including phenoxy) is 1. The minimum absolute atomic E-state index is 0. The van der Waals surface area contributed by atoms with E-state index in [1.165, 1.54) is 0 Å². The van der Waals surface area contributed by atoms with E-state index in [-0.39, 0.29) is 24.0 Å². The fourth-order valence-corrected chi connectivity index (χ4v) is 1.63. The molecule has 0 radical (unpaired) electrons. The first kappa shape index (κ1) is 21.2. The van der Waals surface area contributed by atoms with Gasteiger partial charge in [0.1, 0.15) is 12.4 Å². The number of guanidine groups is 1. The molecule has 0 fully saturated rings. The van der Waals surface area contributed by atoms with Crippen LogP contribution in [0.1, 0.15) is 39.9 Å². The molecule has 0 amide bonds. The van der Waals surface area contributed by atoms with Gasteiger partial charge in [-0.1, -0.05) is 13.8 Å². The first-order valence-electron chi connectivity index (χ1n) is 7.78. The molecule has 22 heavy (non-hydrogen) atoms. The Morgan fingerprint density at radius 1 is 1.36 bits per heavy atom. The Hall–Kier alpha value is -0.760. The summed E-state index contributed by atoms with van der Waals surface area (Å²) in [5, 5.41) is 6.68. The predicted octanol–water partition coefficient (Wildman–Crippen LogP) is 3.40. The van der Waals surface area contributed by atoms with E-state index in [4.69, 9.17) is 9.15 Å². The van der Waals surface area contributed by atoms with Crippen LogP contribution in [0.3, 0.4) is 0 Å². The third kappa shape index (κ3) is 9.30. The molecule has 128 valence electrons. The maximum atomic E-state index is 5.54. The molecule has 0 aliphatic heterocycles. The fourth-order valence-electron chi connectivity index (χ4n) is 1.63. The Morgan fingerprint density at radius 3 is 2.73 bits per heavy atom. The van der Waals surface area contributed by atoms with Crippen LogP contribution in [0, 0.1) is 5.92 Å². The van der Waals surface area contributed by atoms with Crippen molar-refractivity contribution in [3.8, 4) is 0 Å². The van der Waals surface area contributed by atoms with Gasteiger partial charge in [0, 0.05) is 25.7 Å². The molecule has 5 nitrogen and oxygen atoms in total. The summed E-state index contributed by atoms with van der Waals surface area (Å²) in [5.74, 6) is 2.31. The van der Waals surface area contributed by atoms with Gasteiger partial charge >= 0.3 is 0 Å². The van der Waals surface area contributed by atoms with Gasteiger partial charge in [-0.15, -0.1) is 24.0 Å². The molecule has 1 unspecified atom stereocenters. The Bertz CT molecular complexity index is 394. The average molecular weight is 423 g/mol. The normalized spacial score (nSPS) is 12.9. The number of hydrogen-bond acceptors (Lipinski definition) is 3. The van der Waals surface area contributed by atoms with Gasteiger partial charge in [-0.05, 0) is 38.3 Å². The topological polar surface area (TPSA) is 58.8 Å². The quantitative estimate of drug-likeness (QED) is 0.277. The second-order valence-corrected chi connectivity index (χ2v) is 5.42. The standard InChI is InChI=1S/C16H29N3O2.HI/c1-5-17-16(19-14(4)13(2)3)18-9-7-10-20-12-15-8-6-11-21-15;/h6,8,11,13-14H,5,7,9-10,12H2,1-4H3,(H2,17,18,19);1H. The highest BCUT2D eigenvalue weighted by atomic mass is 127. The third-order valence-corrected chi connectivity index (χ3v) is 3.25. The van der Waals surface area contributed by atoms with Crippen LogP contribution in [0.2, 0.25) is 0 Å². The highest BCUT2D eigenvalue weighted by Gasteiger charge is 2.08. The summed E-state index contributed by atoms with van der Waals surface area (Å²) < 4.78 is 10.7. The molecule has 0 aromatic carbocycles. The van der Waals surface area contributed by atoms with E-state index in [0.29, 0.717) is 25.2 Å². The maximum absolute atomic E-state index is 5.54. The van der Waals surface area contributed by atoms with Crippen LogP contribution in [-0.2, 0) is 11.3 Å². The smallest absolute Gasteiger partial charge is 0.191 e. The zero-order valence-electron chi connectivity index (χ0n) is 14.1. The van der Waals surface area contributed by atoms with E-state index < -0.39 is 0 Å². The Morgan fingerprint density at radius 2 is 2.14 bits per heavy atom. The van der Waals surface area contributed by atoms with Crippen LogP contribution in [0.25, 0.3) is 0 Å². The lowest BCUT2D eigenvalue weighted by Crippen LogP contribution is -2.44. The monoisotopic (exact) mass is 423 g/mol. The molecule has 6 heteroatoms. The van der Waals surface area contributed by atoms with Gasteiger partial charge in [-0.2, -0.15) is 0 Å². The second-order valence-electron chi connectivity index (χ2n) is 5.42. The molecule has 0 saturated carbocycles. The van der Waals surface area contributed by atoms with Gasteiger partial charge in [-0.25, -0.2) is 0 Å². The molecule has 1 rings (SSSR count). The van der Waals surface area contributed by atoms with E-state index >= 15 is 0 Å². The first-order chi connectivity index (χ1) is 10.1. The molecule has 0 spiro atoms. The van der Waals surface area contributed by atoms with Gasteiger partial charge in [0.25, 0.3) is 0 Å². The van der Waals surface area contributed by atoms with Gasteiger partial charge in [-0.3, -0.25) is 4.99 Å². The van der Waals surface area contributed by atoms with Crippen LogP contribution in [0.4, 0.5) is 0 Å². The van der Waals surface area contributed by atoms with Crippen molar-refractivity contribution in [1.82, 2.24) is 10.6 Å². The summed E-state index contributed by atoms with van der Waals surface area (Å²) in [6.07, 6.45) is 2.56. The van der Waals surface area contributed by atoms with Crippen molar-refractivity contribution in [2.24, 2.45) is 10.9 Å². The summed E-state index contributed by atoms with van der Waals surface area (Å²) in [4.78, 5) is 4.56. The van der Waals surface area contributed by atoms with Crippen molar-refractivity contribution < 1.29 is 9.15 Å². The molecule has 0 aliphatic carbocycles. The van der Waals surface area contributed by atoms with E-state index in [9.17, 15) is 0 Å². The fraction of sp³-hybridized carbons (Fsp3) is 0.688. The maximum Gasteiger partial charge on any atom is 0.191 e. The lowest BCUT2D eigenvalue weighted by molar-refractivity contribution is 0.105. The average Bonchev–Trinajstić information content (AvgIpc) is 2.95. The summed E-state index contributed by atoms with van der Waals surface area (Å²) in [7, 11) is 0. The number of nitrogens with one attached hydrogen (secondary N) is 2. The molecular weight excluding hydrogens is 393 g/mol. The van der Waals surface area contributed by atoms with Crippen LogP contribution >= 0.6 is 24.0 Å². The lowest BCUT2D eigenvalue weighted by atomic mass is 10.1. The highest BCUT2D eigenvalue weighted by Crippen LogP contribution is 2.02. The Kier molecular flexibility index (Phi) is 12.3. The Labute approximate surface area is 151 Å². The number of furan rings is 1. The molecule has 1 aromatic rings. The summed E-state index contributed by atoms with van der Waals surface area (Å²) in [6.45, 7) is 11.5. The summed E-state index contributed by atoms with van der Waals surface area (Å²) in [5.41, 5.74) is 0. The van der Waals surface area contributed by atoms with Crippen molar-refractivity contribution in [1.29, 1.82) is 0 Å². The van der Waals surface area contributed by atoms with Crippen molar-refractivity contribution in [2.45, 2.75) is 46.8 Å². The first-order valence-corrected chi connectivity index (χ1v) is 7.78. The predicted molar refractivity (Wildman–Crippen MR) is 102 cm³/mol. The zero-order valence-corrected chi connectivity index (χ0v) is 16.4. The summed E-state index contributed by atoms with van der Waals surface area (Å²) >= 11 is 0.